The van der Waals surface area contributed by atoms with Crippen LogP contribution in [0.15, 0.2) is 24.5 Å². The average molecular weight is 310 g/mol. The van der Waals surface area contributed by atoms with E-state index in [-0.39, 0.29) is 23.3 Å². The molecule has 0 radical (unpaired) electrons. The molecule has 0 saturated carbocycles. The van der Waals surface area contributed by atoms with Crippen LogP contribution in [-0.2, 0) is 9.53 Å². The van der Waals surface area contributed by atoms with E-state index in [1.54, 1.807) is 18.0 Å². The predicted molar refractivity (Wildman–Crippen MR) is 83.0 cm³/mol. The van der Waals surface area contributed by atoms with E-state index in [0.717, 1.165) is 29.2 Å². The minimum Gasteiger partial charge on any atom is -0.371 e. The van der Waals surface area contributed by atoms with Crippen molar-refractivity contribution in [2.75, 3.05) is 23.9 Å². The zero-order chi connectivity index (χ0) is 13.8. The van der Waals surface area contributed by atoms with Gasteiger partial charge in [-0.25, -0.2) is 0 Å². The molecule has 1 amide bonds. The first-order valence-corrected chi connectivity index (χ1v) is 9.06. The second kappa shape index (κ2) is 6.83. The zero-order valence-corrected chi connectivity index (χ0v) is 12.8. The first-order valence-electron chi connectivity index (χ1n) is 6.86. The van der Waals surface area contributed by atoms with Gasteiger partial charge in [0.2, 0.25) is 5.91 Å². The first kappa shape index (κ1) is 14.2. The molecule has 1 N–H and O–H groups in total. The number of ether oxygens (including phenoxy) is 1. The molecule has 0 aromatic carbocycles. The van der Waals surface area contributed by atoms with Gasteiger partial charge in [-0.3, -0.25) is 9.78 Å². The van der Waals surface area contributed by atoms with Gasteiger partial charge in [-0.1, -0.05) is 6.07 Å². The molecule has 3 heterocycles. The number of amides is 1. The van der Waals surface area contributed by atoms with Crippen LogP contribution in [0.2, 0.25) is 0 Å². The molecule has 3 rings (SSSR count). The van der Waals surface area contributed by atoms with E-state index in [4.69, 9.17) is 4.74 Å². The lowest BCUT2D eigenvalue weighted by molar-refractivity contribution is -0.121. The van der Waals surface area contributed by atoms with E-state index in [9.17, 15) is 4.79 Å². The van der Waals surface area contributed by atoms with Crippen molar-refractivity contribution in [2.45, 2.75) is 23.8 Å². The summed E-state index contributed by atoms with van der Waals surface area (Å²) in [6.45, 7) is 0.692. The lowest BCUT2D eigenvalue weighted by Gasteiger charge is -2.25. The lowest BCUT2D eigenvalue weighted by Crippen LogP contribution is -2.43. The second-order valence-electron chi connectivity index (χ2n) is 4.92. The lowest BCUT2D eigenvalue weighted by atomic mass is 10.0. The molecule has 2 aliphatic heterocycles. The molecule has 108 valence electrons. The Kier molecular flexibility index (Phi) is 4.86. The van der Waals surface area contributed by atoms with E-state index >= 15 is 0 Å². The second-order valence-corrected chi connectivity index (χ2v) is 7.38. The van der Waals surface area contributed by atoms with Crippen LogP contribution < -0.4 is 5.32 Å². The van der Waals surface area contributed by atoms with Crippen molar-refractivity contribution >= 4 is 29.4 Å². The van der Waals surface area contributed by atoms with Gasteiger partial charge in [0.25, 0.3) is 0 Å². The number of rotatable bonds is 3. The summed E-state index contributed by atoms with van der Waals surface area (Å²) < 4.78 is 5.77. The Balaban J connectivity index is 1.62. The Labute approximate surface area is 127 Å². The maximum absolute atomic E-state index is 12.3. The fraction of sp³-hybridized carbons (Fsp3) is 0.571. The number of carbonyl (C=O) groups is 1. The van der Waals surface area contributed by atoms with Gasteiger partial charge in [-0.05, 0) is 12.5 Å². The molecule has 0 aliphatic carbocycles. The molecule has 2 saturated heterocycles. The van der Waals surface area contributed by atoms with Gasteiger partial charge in [0.1, 0.15) is 6.10 Å². The summed E-state index contributed by atoms with van der Waals surface area (Å²) in [5, 5.41) is 3.26. The topological polar surface area (TPSA) is 51.2 Å². The van der Waals surface area contributed by atoms with Crippen molar-refractivity contribution in [2.24, 2.45) is 0 Å². The zero-order valence-electron chi connectivity index (χ0n) is 11.2. The van der Waals surface area contributed by atoms with Crippen LogP contribution in [0.4, 0.5) is 0 Å². The minimum atomic E-state index is -0.0612. The van der Waals surface area contributed by atoms with Crippen molar-refractivity contribution in [1.29, 1.82) is 0 Å². The Hall–Kier alpha value is -0.720. The van der Waals surface area contributed by atoms with Crippen LogP contribution in [-0.4, -0.2) is 46.0 Å². The summed E-state index contributed by atoms with van der Waals surface area (Å²) in [6.07, 6.45) is 4.38. The van der Waals surface area contributed by atoms with Crippen LogP contribution in [0.1, 0.15) is 18.1 Å². The molecule has 6 heteroatoms. The molecule has 0 spiro atoms. The number of nitrogens with zero attached hydrogens (tertiary/aromatic N) is 1. The molecule has 2 fully saturated rings. The highest BCUT2D eigenvalue weighted by molar-refractivity contribution is 8.07. The van der Waals surface area contributed by atoms with Crippen molar-refractivity contribution in [3.05, 3.63) is 30.1 Å². The van der Waals surface area contributed by atoms with E-state index < -0.39 is 0 Å². The Morgan fingerprint density at radius 3 is 3.15 bits per heavy atom. The van der Waals surface area contributed by atoms with E-state index in [0.29, 0.717) is 6.61 Å². The van der Waals surface area contributed by atoms with E-state index in [2.05, 4.69) is 10.3 Å². The van der Waals surface area contributed by atoms with Crippen LogP contribution in [0.25, 0.3) is 0 Å². The highest BCUT2D eigenvalue weighted by Crippen LogP contribution is 2.30. The minimum absolute atomic E-state index is 0.0612. The summed E-state index contributed by atoms with van der Waals surface area (Å²) in [6, 6.07) is 3.98. The molecule has 4 nitrogen and oxygen atoms in total. The quantitative estimate of drug-likeness (QED) is 0.924. The van der Waals surface area contributed by atoms with Crippen molar-refractivity contribution in [1.82, 2.24) is 10.3 Å². The number of thioether (sulfide) groups is 2. The molecule has 3 atom stereocenters. The number of carbonyl (C=O) groups excluding carboxylic acids is 1. The Bertz CT molecular complexity index is 452. The third kappa shape index (κ3) is 3.30. The average Bonchev–Trinajstić information content (AvgIpc) is 2.97. The van der Waals surface area contributed by atoms with Crippen LogP contribution in [0.5, 0.6) is 0 Å². The van der Waals surface area contributed by atoms with Crippen LogP contribution >= 0.6 is 23.5 Å². The maximum Gasteiger partial charge on any atom is 0.234 e. The fourth-order valence-electron chi connectivity index (χ4n) is 2.52. The molecule has 1 unspecified atom stereocenters. The molecule has 1 aromatic heterocycles. The third-order valence-electron chi connectivity index (χ3n) is 3.54. The smallest absolute Gasteiger partial charge is 0.234 e. The first-order chi connectivity index (χ1) is 9.84. The molecular formula is C14H18N2O2S2. The molecule has 0 bridgehead atoms. The van der Waals surface area contributed by atoms with Gasteiger partial charge < -0.3 is 10.1 Å². The predicted octanol–water partition coefficient (Wildman–Crippen LogP) is 1.88. The number of hydrogen-bond donors (Lipinski definition) is 1. The fourth-order valence-corrected chi connectivity index (χ4v) is 5.09. The van der Waals surface area contributed by atoms with Crippen LogP contribution in [0, 0.1) is 0 Å². The number of aromatic nitrogens is 1. The molecule has 20 heavy (non-hydrogen) atoms. The number of pyridine rings is 1. The summed E-state index contributed by atoms with van der Waals surface area (Å²) >= 11 is 3.63. The Morgan fingerprint density at radius 2 is 2.40 bits per heavy atom. The van der Waals surface area contributed by atoms with Gasteiger partial charge in [-0.2, -0.15) is 11.8 Å². The maximum atomic E-state index is 12.3. The highest BCUT2D eigenvalue weighted by atomic mass is 32.2. The number of hydrogen-bond acceptors (Lipinski definition) is 5. The van der Waals surface area contributed by atoms with Gasteiger partial charge in [0, 0.05) is 41.8 Å². The third-order valence-corrected chi connectivity index (χ3v) is 6.29. The Morgan fingerprint density at radius 1 is 1.45 bits per heavy atom. The summed E-state index contributed by atoms with van der Waals surface area (Å²) in [5.74, 6) is 3.29. The van der Waals surface area contributed by atoms with E-state index in [1.165, 1.54) is 0 Å². The largest absolute Gasteiger partial charge is 0.371 e. The monoisotopic (exact) mass is 310 g/mol. The van der Waals surface area contributed by atoms with E-state index in [1.807, 2.05) is 30.1 Å². The van der Waals surface area contributed by atoms with Crippen molar-refractivity contribution in [3.8, 4) is 0 Å². The van der Waals surface area contributed by atoms with Crippen molar-refractivity contribution < 1.29 is 9.53 Å². The van der Waals surface area contributed by atoms with Gasteiger partial charge in [-0.15, -0.1) is 11.8 Å². The summed E-state index contributed by atoms with van der Waals surface area (Å²) in [4.78, 5) is 16.4. The standard InChI is InChI=1S/C14H18N2O2S2/c17-14(12-9-19-6-7-20-12)16-11-3-5-18-13(11)10-2-1-4-15-8-10/h1-2,4,8,11-13H,3,5-7,9H2,(H,16,17)/t11-,12?,13+/m0/s1. The number of nitrogens with one attached hydrogen (secondary N) is 1. The van der Waals surface area contributed by atoms with Crippen molar-refractivity contribution in [3.63, 3.8) is 0 Å². The molecule has 2 aliphatic rings. The summed E-state index contributed by atoms with van der Waals surface area (Å²) in [5.41, 5.74) is 1.04. The van der Waals surface area contributed by atoms with Gasteiger partial charge in [0.05, 0.1) is 11.3 Å². The molecule has 1 aromatic rings. The van der Waals surface area contributed by atoms with Gasteiger partial charge >= 0.3 is 0 Å². The van der Waals surface area contributed by atoms with Crippen LogP contribution in [0.3, 0.4) is 0 Å². The molecular weight excluding hydrogens is 292 g/mol. The normalized spacial score (nSPS) is 30.1. The summed E-state index contributed by atoms with van der Waals surface area (Å²) in [7, 11) is 0. The highest BCUT2D eigenvalue weighted by Gasteiger charge is 2.33. The SMILES string of the molecule is O=C(N[C@H]1CCO[C@@H]1c1cccnc1)C1CSCCS1. The van der Waals surface area contributed by atoms with Gasteiger partial charge in [0.15, 0.2) is 0 Å².